The van der Waals surface area contributed by atoms with Crippen molar-refractivity contribution in [2.24, 2.45) is 5.92 Å². The minimum Gasteiger partial charge on any atom is -0.505 e. The van der Waals surface area contributed by atoms with Gasteiger partial charge in [-0.1, -0.05) is 55.5 Å². The first-order chi connectivity index (χ1) is 14.9. The van der Waals surface area contributed by atoms with Crippen LogP contribution in [0.2, 0.25) is 0 Å². The van der Waals surface area contributed by atoms with Crippen LogP contribution in [0.3, 0.4) is 0 Å². The molecule has 8 heteroatoms. The van der Waals surface area contributed by atoms with Gasteiger partial charge in [0.25, 0.3) is 5.91 Å². The highest BCUT2D eigenvalue weighted by Gasteiger charge is 2.24. The Morgan fingerprint density at radius 1 is 1.10 bits per heavy atom. The van der Waals surface area contributed by atoms with Gasteiger partial charge < -0.3 is 9.84 Å². The van der Waals surface area contributed by atoms with Crippen LogP contribution in [0, 0.1) is 11.7 Å². The van der Waals surface area contributed by atoms with E-state index in [9.17, 15) is 19.1 Å². The summed E-state index contributed by atoms with van der Waals surface area (Å²) in [4.78, 5) is 24.0. The van der Waals surface area contributed by atoms with E-state index < -0.39 is 35.6 Å². The molecule has 0 unspecified atom stereocenters. The van der Waals surface area contributed by atoms with Gasteiger partial charge in [-0.15, -0.1) is 0 Å². The lowest BCUT2D eigenvalue weighted by Gasteiger charge is -2.23. The van der Waals surface area contributed by atoms with E-state index in [4.69, 9.17) is 9.94 Å². The second kappa shape index (κ2) is 9.73. The van der Waals surface area contributed by atoms with Gasteiger partial charge in [-0.3, -0.25) is 15.3 Å². The summed E-state index contributed by atoms with van der Waals surface area (Å²) in [7, 11) is 0. The number of hydroxylamine groups is 1. The van der Waals surface area contributed by atoms with Gasteiger partial charge in [-0.25, -0.2) is 14.7 Å². The number of carbonyl (C=O) groups is 2. The maximum absolute atomic E-state index is 13.9. The standard InChI is InChI=1S/C23H21FN2O5/c1-14(9-12-21(28)26-30)22(16-10-11-20(27)18(24)13-16)31-23(29)25-19-8-4-6-15-5-2-3-7-17(15)19/h2-14,22,27,30H,1H3,(H,25,29)(H,26,28)/b12-9+/t14-,22+/m1/s1. The zero-order chi connectivity index (χ0) is 22.4. The second-order valence-corrected chi connectivity index (χ2v) is 6.88. The number of aromatic hydroxyl groups is 1. The van der Waals surface area contributed by atoms with Crippen LogP contribution in [0.4, 0.5) is 14.9 Å². The molecular formula is C23H21FN2O5. The zero-order valence-electron chi connectivity index (χ0n) is 16.6. The molecule has 0 bridgehead atoms. The van der Waals surface area contributed by atoms with Crippen molar-refractivity contribution in [3.05, 3.63) is 84.2 Å². The molecule has 0 aliphatic heterocycles. The molecule has 3 rings (SSSR count). The van der Waals surface area contributed by atoms with E-state index in [1.54, 1.807) is 19.1 Å². The number of phenolic OH excluding ortho intramolecular Hbond substituents is 1. The number of hydrogen-bond donors (Lipinski definition) is 4. The molecular weight excluding hydrogens is 403 g/mol. The topological polar surface area (TPSA) is 108 Å². The first-order valence-electron chi connectivity index (χ1n) is 9.45. The van der Waals surface area contributed by atoms with Crippen molar-refractivity contribution in [2.75, 3.05) is 5.32 Å². The number of carbonyl (C=O) groups excluding carboxylic acids is 2. The summed E-state index contributed by atoms with van der Waals surface area (Å²) in [6.45, 7) is 1.65. The Kier molecular flexibility index (Phi) is 6.84. The molecule has 0 aromatic heterocycles. The van der Waals surface area contributed by atoms with Gasteiger partial charge in [-0.05, 0) is 29.1 Å². The number of amides is 2. The number of fused-ring (bicyclic) bond motifs is 1. The Balaban J connectivity index is 1.86. The zero-order valence-corrected chi connectivity index (χ0v) is 16.6. The highest BCUT2D eigenvalue weighted by atomic mass is 19.1. The number of rotatable bonds is 6. The molecule has 3 aromatic carbocycles. The van der Waals surface area contributed by atoms with Crippen molar-refractivity contribution in [1.29, 1.82) is 0 Å². The number of anilines is 1. The molecule has 2 amide bonds. The molecule has 31 heavy (non-hydrogen) atoms. The summed E-state index contributed by atoms with van der Waals surface area (Å²) < 4.78 is 19.5. The summed E-state index contributed by atoms with van der Waals surface area (Å²) in [5.74, 6) is -2.74. The van der Waals surface area contributed by atoms with Crippen LogP contribution in [0.15, 0.2) is 72.8 Å². The molecule has 7 nitrogen and oxygen atoms in total. The maximum Gasteiger partial charge on any atom is 0.412 e. The average Bonchev–Trinajstić information content (AvgIpc) is 2.77. The molecule has 0 fully saturated rings. The van der Waals surface area contributed by atoms with E-state index in [0.29, 0.717) is 5.69 Å². The Bertz CT molecular complexity index is 1130. The van der Waals surface area contributed by atoms with Crippen LogP contribution in [0.25, 0.3) is 10.8 Å². The first kappa shape index (κ1) is 21.8. The van der Waals surface area contributed by atoms with Crippen LogP contribution in [0.1, 0.15) is 18.6 Å². The van der Waals surface area contributed by atoms with Crippen molar-refractivity contribution in [3.63, 3.8) is 0 Å². The summed E-state index contributed by atoms with van der Waals surface area (Å²) in [6.07, 6.45) is 0.724. The van der Waals surface area contributed by atoms with Crippen molar-refractivity contribution < 1.29 is 29.0 Å². The highest BCUT2D eigenvalue weighted by molar-refractivity contribution is 6.00. The largest absolute Gasteiger partial charge is 0.505 e. The van der Waals surface area contributed by atoms with E-state index in [1.807, 2.05) is 30.3 Å². The normalized spacial score (nSPS) is 13.0. The quantitative estimate of drug-likeness (QED) is 0.261. The molecule has 0 saturated heterocycles. The van der Waals surface area contributed by atoms with E-state index in [1.165, 1.54) is 17.6 Å². The molecule has 2 atom stereocenters. The lowest BCUT2D eigenvalue weighted by atomic mass is 9.96. The third-order valence-electron chi connectivity index (χ3n) is 4.70. The average molecular weight is 424 g/mol. The van der Waals surface area contributed by atoms with Gasteiger partial charge in [0, 0.05) is 17.4 Å². The summed E-state index contributed by atoms with van der Waals surface area (Å²) in [5.41, 5.74) is 2.29. The summed E-state index contributed by atoms with van der Waals surface area (Å²) >= 11 is 0. The van der Waals surface area contributed by atoms with Gasteiger partial charge in [0.1, 0.15) is 6.10 Å². The monoisotopic (exact) mass is 424 g/mol. The molecule has 0 aliphatic carbocycles. The van der Waals surface area contributed by atoms with Crippen molar-refractivity contribution in [1.82, 2.24) is 5.48 Å². The van der Waals surface area contributed by atoms with Crippen LogP contribution < -0.4 is 10.8 Å². The fourth-order valence-corrected chi connectivity index (χ4v) is 3.15. The van der Waals surface area contributed by atoms with Crippen LogP contribution in [-0.2, 0) is 9.53 Å². The van der Waals surface area contributed by atoms with Crippen LogP contribution in [-0.4, -0.2) is 22.3 Å². The molecule has 160 valence electrons. The van der Waals surface area contributed by atoms with Gasteiger partial charge in [0.2, 0.25) is 0 Å². The van der Waals surface area contributed by atoms with Crippen molar-refractivity contribution in [2.45, 2.75) is 13.0 Å². The highest BCUT2D eigenvalue weighted by Crippen LogP contribution is 2.31. The van der Waals surface area contributed by atoms with E-state index in [-0.39, 0.29) is 5.56 Å². The number of ether oxygens (including phenoxy) is 1. The Hall–Kier alpha value is -3.91. The fraction of sp³-hybridized carbons (Fsp3) is 0.130. The third-order valence-corrected chi connectivity index (χ3v) is 4.70. The van der Waals surface area contributed by atoms with Gasteiger partial charge in [0.15, 0.2) is 11.6 Å². The maximum atomic E-state index is 13.9. The van der Waals surface area contributed by atoms with Gasteiger partial charge >= 0.3 is 6.09 Å². The minimum atomic E-state index is -0.979. The molecule has 0 aliphatic rings. The molecule has 0 spiro atoms. The lowest BCUT2D eigenvalue weighted by molar-refractivity contribution is -0.124. The van der Waals surface area contributed by atoms with Gasteiger partial charge in [0.05, 0.1) is 5.69 Å². The number of benzene rings is 3. The second-order valence-electron chi connectivity index (χ2n) is 6.88. The summed E-state index contributed by atoms with van der Waals surface area (Å²) in [6, 6.07) is 16.6. The lowest BCUT2D eigenvalue weighted by Crippen LogP contribution is -2.22. The van der Waals surface area contributed by atoms with E-state index in [0.717, 1.165) is 29.0 Å². The SMILES string of the molecule is C[C@H](/C=C/C(=O)NO)[C@H](OC(=O)Nc1cccc2ccccc12)c1ccc(O)c(F)c1. The smallest absolute Gasteiger partial charge is 0.412 e. The first-order valence-corrected chi connectivity index (χ1v) is 9.45. The van der Waals surface area contributed by atoms with Gasteiger partial charge in [-0.2, -0.15) is 0 Å². The predicted octanol–water partition coefficient (Wildman–Crippen LogP) is 4.67. The van der Waals surface area contributed by atoms with E-state index in [2.05, 4.69) is 5.32 Å². The number of phenols is 1. The summed E-state index contributed by atoms with van der Waals surface area (Å²) in [5, 5.41) is 22.6. The van der Waals surface area contributed by atoms with Crippen molar-refractivity contribution >= 4 is 28.5 Å². The Morgan fingerprint density at radius 3 is 2.58 bits per heavy atom. The Labute approximate surface area is 177 Å². The molecule has 3 aromatic rings. The minimum absolute atomic E-state index is 0.282. The van der Waals surface area contributed by atoms with E-state index >= 15 is 0 Å². The molecule has 0 radical (unpaired) electrons. The van der Waals surface area contributed by atoms with Crippen LogP contribution in [0.5, 0.6) is 5.75 Å². The predicted molar refractivity (Wildman–Crippen MR) is 113 cm³/mol. The van der Waals surface area contributed by atoms with Crippen molar-refractivity contribution in [3.8, 4) is 5.75 Å². The number of halogens is 1. The molecule has 0 saturated carbocycles. The Morgan fingerprint density at radius 2 is 1.84 bits per heavy atom. The molecule has 0 heterocycles. The van der Waals surface area contributed by atoms with Crippen LogP contribution >= 0.6 is 0 Å². The third kappa shape index (κ3) is 5.37. The number of hydrogen-bond acceptors (Lipinski definition) is 5. The fourth-order valence-electron chi connectivity index (χ4n) is 3.15. The number of nitrogens with one attached hydrogen (secondary N) is 2. The molecule has 4 N–H and O–H groups in total.